The van der Waals surface area contributed by atoms with Gasteiger partial charge in [-0.3, -0.25) is 9.00 Å². The van der Waals surface area contributed by atoms with E-state index in [2.05, 4.69) is 17.2 Å². The second-order valence-electron chi connectivity index (χ2n) is 4.52. The van der Waals surface area contributed by atoms with Gasteiger partial charge in [0, 0.05) is 28.9 Å². The van der Waals surface area contributed by atoms with E-state index in [0.29, 0.717) is 17.1 Å². The first-order chi connectivity index (χ1) is 9.43. The summed E-state index contributed by atoms with van der Waals surface area (Å²) in [5.41, 5.74) is 0.934. The maximum Gasteiger partial charge on any atom is 0.261 e. The molecule has 1 amide bonds. The van der Waals surface area contributed by atoms with Crippen LogP contribution in [0.4, 0.5) is 0 Å². The van der Waals surface area contributed by atoms with Crippen molar-refractivity contribution in [2.45, 2.75) is 26.3 Å². The maximum absolute atomic E-state index is 12.1. The summed E-state index contributed by atoms with van der Waals surface area (Å²) in [5.74, 6) is 5.86. The molecule has 1 aromatic heterocycles. The van der Waals surface area contributed by atoms with Crippen LogP contribution in [0.15, 0.2) is 6.07 Å². The normalized spacial score (nSPS) is 13.2. The standard InChI is InChI=1S/C14H19NO3S2/c1-10-9-13(19-12(10)5-4-7-16)14(17)15-11(2)6-8-20(3)18/h9,11,16H,6-8H2,1-3H3,(H,15,17). The minimum Gasteiger partial charge on any atom is -0.384 e. The zero-order valence-electron chi connectivity index (χ0n) is 11.9. The third-order valence-electron chi connectivity index (χ3n) is 2.64. The summed E-state index contributed by atoms with van der Waals surface area (Å²) in [4.78, 5) is 13.5. The van der Waals surface area contributed by atoms with Gasteiger partial charge in [-0.25, -0.2) is 0 Å². The van der Waals surface area contributed by atoms with Crippen LogP contribution in [0, 0.1) is 18.8 Å². The summed E-state index contributed by atoms with van der Waals surface area (Å²) in [5, 5.41) is 11.6. The van der Waals surface area contributed by atoms with Gasteiger partial charge < -0.3 is 10.4 Å². The number of aryl methyl sites for hydroxylation is 1. The molecule has 2 unspecified atom stereocenters. The van der Waals surface area contributed by atoms with Crippen molar-refractivity contribution in [3.63, 3.8) is 0 Å². The van der Waals surface area contributed by atoms with Crippen molar-refractivity contribution in [1.29, 1.82) is 0 Å². The second kappa shape index (κ2) is 8.20. The molecule has 1 heterocycles. The number of hydrogen-bond acceptors (Lipinski definition) is 4. The Labute approximate surface area is 126 Å². The Kier molecular flexibility index (Phi) is 6.93. The lowest BCUT2D eigenvalue weighted by Crippen LogP contribution is -2.33. The van der Waals surface area contributed by atoms with Crippen LogP contribution in [0.25, 0.3) is 0 Å². The van der Waals surface area contributed by atoms with Gasteiger partial charge in [0.2, 0.25) is 0 Å². The Morgan fingerprint density at radius 1 is 1.60 bits per heavy atom. The van der Waals surface area contributed by atoms with Crippen molar-refractivity contribution in [3.05, 3.63) is 21.4 Å². The molecule has 0 aliphatic heterocycles. The van der Waals surface area contributed by atoms with E-state index in [4.69, 9.17) is 5.11 Å². The van der Waals surface area contributed by atoms with E-state index in [1.807, 2.05) is 13.8 Å². The number of hydrogen-bond donors (Lipinski definition) is 2. The minimum atomic E-state index is -0.839. The molecule has 1 aromatic rings. The molecule has 0 fully saturated rings. The van der Waals surface area contributed by atoms with Crippen LogP contribution in [0.1, 0.15) is 33.5 Å². The van der Waals surface area contributed by atoms with Crippen molar-refractivity contribution in [3.8, 4) is 11.8 Å². The first-order valence-electron chi connectivity index (χ1n) is 6.25. The maximum atomic E-state index is 12.1. The van der Waals surface area contributed by atoms with E-state index in [-0.39, 0.29) is 18.6 Å². The first kappa shape index (κ1) is 16.9. The summed E-state index contributed by atoms with van der Waals surface area (Å²) in [6, 6.07) is 1.78. The van der Waals surface area contributed by atoms with Gasteiger partial charge in [0.25, 0.3) is 5.91 Å². The predicted octanol–water partition coefficient (Wildman–Crippen LogP) is 1.29. The molecule has 2 N–H and O–H groups in total. The van der Waals surface area contributed by atoms with Crippen molar-refractivity contribution in [1.82, 2.24) is 5.32 Å². The quantitative estimate of drug-likeness (QED) is 0.805. The summed E-state index contributed by atoms with van der Waals surface area (Å²) in [6.45, 7) is 3.60. The average molecular weight is 313 g/mol. The summed E-state index contributed by atoms with van der Waals surface area (Å²) < 4.78 is 11.0. The van der Waals surface area contributed by atoms with Gasteiger partial charge in [0.15, 0.2) is 0 Å². The van der Waals surface area contributed by atoms with Gasteiger partial charge >= 0.3 is 0 Å². The molecular formula is C14H19NO3S2. The van der Waals surface area contributed by atoms with E-state index in [1.165, 1.54) is 11.3 Å². The first-order valence-corrected chi connectivity index (χ1v) is 8.79. The summed E-state index contributed by atoms with van der Waals surface area (Å²) in [6.07, 6.45) is 2.35. The molecule has 0 aliphatic rings. The van der Waals surface area contributed by atoms with E-state index in [9.17, 15) is 9.00 Å². The third kappa shape index (κ3) is 5.45. The number of carbonyl (C=O) groups is 1. The highest BCUT2D eigenvalue weighted by Gasteiger charge is 2.14. The lowest BCUT2D eigenvalue weighted by molar-refractivity contribution is 0.0943. The van der Waals surface area contributed by atoms with Crippen LogP contribution in [-0.2, 0) is 10.8 Å². The van der Waals surface area contributed by atoms with Gasteiger partial charge in [0.1, 0.15) is 6.61 Å². The van der Waals surface area contributed by atoms with Crippen molar-refractivity contribution < 1.29 is 14.1 Å². The molecule has 0 bridgehead atoms. The molecular weight excluding hydrogens is 294 g/mol. The van der Waals surface area contributed by atoms with Crippen LogP contribution < -0.4 is 5.32 Å². The molecule has 0 spiro atoms. The summed E-state index contributed by atoms with van der Waals surface area (Å²) in [7, 11) is -0.839. The number of carbonyl (C=O) groups excluding carboxylic acids is 1. The lowest BCUT2D eigenvalue weighted by Gasteiger charge is -2.11. The van der Waals surface area contributed by atoms with Gasteiger partial charge in [0.05, 0.1) is 9.75 Å². The predicted molar refractivity (Wildman–Crippen MR) is 83.5 cm³/mol. The number of rotatable bonds is 5. The van der Waals surface area contributed by atoms with Crippen molar-refractivity contribution in [2.24, 2.45) is 0 Å². The lowest BCUT2D eigenvalue weighted by atomic mass is 10.2. The fourth-order valence-corrected chi connectivity index (χ4v) is 3.18. The minimum absolute atomic E-state index is 0.0132. The Morgan fingerprint density at radius 3 is 2.90 bits per heavy atom. The number of nitrogens with one attached hydrogen (secondary N) is 1. The molecule has 0 radical (unpaired) electrons. The van der Waals surface area contributed by atoms with Crippen molar-refractivity contribution >= 4 is 28.0 Å². The topological polar surface area (TPSA) is 66.4 Å². The van der Waals surface area contributed by atoms with Crippen LogP contribution in [0.3, 0.4) is 0 Å². The molecule has 1 rings (SSSR count). The van der Waals surface area contributed by atoms with Crippen LogP contribution in [-0.4, -0.2) is 39.9 Å². The number of thiophene rings is 1. The fourth-order valence-electron chi connectivity index (χ4n) is 1.55. The zero-order chi connectivity index (χ0) is 15.1. The highest BCUT2D eigenvalue weighted by atomic mass is 32.2. The number of aliphatic hydroxyl groups is 1. The van der Waals surface area contributed by atoms with E-state index >= 15 is 0 Å². The van der Waals surface area contributed by atoms with Crippen LogP contribution >= 0.6 is 11.3 Å². The van der Waals surface area contributed by atoms with Gasteiger partial charge in [-0.2, -0.15) is 0 Å². The van der Waals surface area contributed by atoms with E-state index in [1.54, 1.807) is 12.3 Å². The Hall–Kier alpha value is -1.16. The van der Waals surface area contributed by atoms with E-state index < -0.39 is 10.8 Å². The van der Waals surface area contributed by atoms with Gasteiger partial charge in [-0.15, -0.1) is 11.3 Å². The van der Waals surface area contributed by atoms with Gasteiger partial charge in [-0.05, 0) is 31.9 Å². The Morgan fingerprint density at radius 2 is 2.30 bits per heavy atom. The molecule has 0 saturated carbocycles. The molecule has 6 heteroatoms. The highest BCUT2D eigenvalue weighted by molar-refractivity contribution is 7.84. The van der Waals surface area contributed by atoms with E-state index in [0.717, 1.165) is 10.4 Å². The SMILES string of the molecule is Cc1cc(C(=O)NC(C)CCS(C)=O)sc1C#CCO. The Bertz CT molecular complexity index is 555. The molecule has 0 aromatic carbocycles. The highest BCUT2D eigenvalue weighted by Crippen LogP contribution is 2.21. The Balaban J connectivity index is 2.66. The fraction of sp³-hybridized carbons (Fsp3) is 0.500. The number of aliphatic hydroxyl groups excluding tert-OH is 1. The van der Waals surface area contributed by atoms with Gasteiger partial charge in [-0.1, -0.05) is 11.8 Å². The molecule has 0 aliphatic carbocycles. The van der Waals surface area contributed by atoms with Crippen molar-refractivity contribution in [2.75, 3.05) is 18.6 Å². The largest absolute Gasteiger partial charge is 0.384 e. The smallest absolute Gasteiger partial charge is 0.261 e. The molecule has 2 atom stereocenters. The van der Waals surface area contributed by atoms with Crippen LogP contribution in [0.5, 0.6) is 0 Å². The zero-order valence-corrected chi connectivity index (χ0v) is 13.5. The van der Waals surface area contributed by atoms with Crippen LogP contribution in [0.2, 0.25) is 0 Å². The molecule has 110 valence electrons. The summed E-state index contributed by atoms with van der Waals surface area (Å²) >= 11 is 1.32. The number of amides is 1. The molecule has 4 nitrogen and oxygen atoms in total. The second-order valence-corrected chi connectivity index (χ2v) is 7.13. The molecule has 0 saturated heterocycles. The molecule has 20 heavy (non-hydrogen) atoms. The third-order valence-corrected chi connectivity index (χ3v) is 4.60. The monoisotopic (exact) mass is 313 g/mol. The average Bonchev–Trinajstić information content (AvgIpc) is 2.75.